The number of carbonyl (C=O) groups excluding carboxylic acids is 1. The Labute approximate surface area is 163 Å². The molecule has 0 radical (unpaired) electrons. The molecule has 1 N–H and O–H groups in total. The maximum Gasteiger partial charge on any atom is 0.255 e. The molecular formula is C22H19ClN2O2. The van der Waals surface area contributed by atoms with E-state index in [-0.39, 0.29) is 5.91 Å². The van der Waals surface area contributed by atoms with Gasteiger partial charge in [-0.15, -0.1) is 0 Å². The lowest BCUT2D eigenvalue weighted by atomic mass is 10.1. The van der Waals surface area contributed by atoms with Crippen LogP contribution in [0.3, 0.4) is 0 Å². The van der Waals surface area contributed by atoms with E-state index in [2.05, 4.69) is 23.3 Å². The normalized spacial score (nSPS) is 13.6. The van der Waals surface area contributed by atoms with Gasteiger partial charge in [-0.1, -0.05) is 29.8 Å². The number of nitrogens with zero attached hydrogens (tertiary/aromatic N) is 1. The van der Waals surface area contributed by atoms with Crippen LogP contribution in [-0.4, -0.2) is 17.9 Å². The second-order valence-corrected chi connectivity index (χ2v) is 7.10. The minimum Gasteiger partial charge on any atom is -0.457 e. The summed E-state index contributed by atoms with van der Waals surface area (Å²) < 4.78 is 6.13. The fourth-order valence-electron chi connectivity index (χ4n) is 3.17. The summed E-state index contributed by atoms with van der Waals surface area (Å²) in [6, 6.07) is 20.6. The van der Waals surface area contributed by atoms with Gasteiger partial charge in [0.2, 0.25) is 0 Å². The van der Waals surface area contributed by atoms with Gasteiger partial charge in [-0.05, 0) is 55.6 Å². The quantitative estimate of drug-likeness (QED) is 0.655. The van der Waals surface area contributed by atoms with Crippen molar-refractivity contribution in [3.05, 3.63) is 88.4 Å². The predicted molar refractivity (Wildman–Crippen MR) is 108 cm³/mol. The molecule has 4 rings (SSSR count). The van der Waals surface area contributed by atoms with Crippen LogP contribution in [0.15, 0.2) is 66.7 Å². The first-order valence-electron chi connectivity index (χ1n) is 8.72. The lowest BCUT2D eigenvalue weighted by Crippen LogP contribution is -2.20. The molecule has 0 unspecified atom stereocenters. The average Bonchev–Trinajstić information content (AvgIpc) is 2.64. The van der Waals surface area contributed by atoms with Crippen molar-refractivity contribution < 1.29 is 9.53 Å². The predicted octanol–water partition coefficient (Wildman–Crippen LogP) is 5.33. The van der Waals surface area contributed by atoms with Gasteiger partial charge in [0.05, 0.1) is 0 Å². The van der Waals surface area contributed by atoms with E-state index in [4.69, 9.17) is 16.3 Å². The number of rotatable bonds is 2. The molecule has 0 saturated heterocycles. The van der Waals surface area contributed by atoms with Crippen LogP contribution in [0.5, 0.6) is 11.5 Å². The van der Waals surface area contributed by atoms with Crippen molar-refractivity contribution in [2.45, 2.75) is 13.1 Å². The number of anilines is 1. The molecule has 1 aliphatic heterocycles. The Morgan fingerprint density at radius 3 is 2.48 bits per heavy atom. The molecule has 0 atom stereocenters. The Morgan fingerprint density at radius 1 is 0.963 bits per heavy atom. The fraction of sp³-hybridized carbons (Fsp3) is 0.136. The van der Waals surface area contributed by atoms with Crippen LogP contribution in [0.2, 0.25) is 5.02 Å². The van der Waals surface area contributed by atoms with Crippen molar-refractivity contribution in [3.63, 3.8) is 0 Å². The summed E-state index contributed by atoms with van der Waals surface area (Å²) in [6.45, 7) is 1.53. The number of para-hydroxylation sites is 1. The minimum absolute atomic E-state index is 0.169. The molecule has 5 heteroatoms. The van der Waals surface area contributed by atoms with Gasteiger partial charge in [0.15, 0.2) is 0 Å². The molecule has 1 heterocycles. The third kappa shape index (κ3) is 3.97. The fourth-order valence-corrected chi connectivity index (χ4v) is 3.30. The van der Waals surface area contributed by atoms with Crippen LogP contribution in [0.4, 0.5) is 5.69 Å². The molecule has 1 aliphatic rings. The molecule has 0 aromatic heterocycles. The van der Waals surface area contributed by atoms with Gasteiger partial charge in [0.25, 0.3) is 5.91 Å². The van der Waals surface area contributed by atoms with Crippen LogP contribution in [-0.2, 0) is 13.1 Å². The first-order chi connectivity index (χ1) is 13.1. The highest BCUT2D eigenvalue weighted by atomic mass is 35.5. The Hall–Kier alpha value is -2.82. The molecule has 0 saturated carbocycles. The van der Waals surface area contributed by atoms with Crippen LogP contribution >= 0.6 is 11.6 Å². The number of halogens is 1. The smallest absolute Gasteiger partial charge is 0.255 e. The van der Waals surface area contributed by atoms with Crippen molar-refractivity contribution in [1.82, 2.24) is 4.90 Å². The summed E-state index contributed by atoms with van der Waals surface area (Å²) in [5.41, 5.74) is 3.49. The van der Waals surface area contributed by atoms with Gasteiger partial charge in [-0.3, -0.25) is 9.69 Å². The largest absolute Gasteiger partial charge is 0.457 e. The van der Waals surface area contributed by atoms with Crippen molar-refractivity contribution in [2.75, 3.05) is 12.4 Å². The summed E-state index contributed by atoms with van der Waals surface area (Å²) in [5, 5.41) is 3.55. The second-order valence-electron chi connectivity index (χ2n) is 6.67. The lowest BCUT2D eigenvalue weighted by Gasteiger charge is -2.24. The molecule has 4 nitrogen and oxygen atoms in total. The lowest BCUT2D eigenvalue weighted by molar-refractivity contribution is 0.102. The second kappa shape index (κ2) is 7.43. The number of ether oxygens (including phenoxy) is 1. The maximum atomic E-state index is 12.4. The molecular weight excluding hydrogens is 360 g/mol. The first kappa shape index (κ1) is 17.6. The molecule has 1 amide bonds. The zero-order chi connectivity index (χ0) is 18.8. The number of hydrogen-bond donors (Lipinski definition) is 1. The summed E-state index contributed by atoms with van der Waals surface area (Å²) in [5.74, 6) is 1.50. The number of carbonyl (C=O) groups is 1. The van der Waals surface area contributed by atoms with Crippen LogP contribution in [0, 0.1) is 0 Å². The summed E-state index contributed by atoms with van der Waals surface area (Å²) in [7, 11) is 2.07. The Balaban J connectivity index is 1.60. The van der Waals surface area contributed by atoms with Crippen molar-refractivity contribution in [1.29, 1.82) is 0 Å². The molecule has 0 aliphatic carbocycles. The molecule has 3 aromatic rings. The van der Waals surface area contributed by atoms with E-state index in [1.807, 2.05) is 36.4 Å². The first-order valence-corrected chi connectivity index (χ1v) is 9.10. The topological polar surface area (TPSA) is 41.6 Å². The van der Waals surface area contributed by atoms with E-state index >= 15 is 0 Å². The van der Waals surface area contributed by atoms with Gasteiger partial charge in [-0.25, -0.2) is 0 Å². The van der Waals surface area contributed by atoms with Crippen LogP contribution in [0.1, 0.15) is 21.5 Å². The highest BCUT2D eigenvalue weighted by molar-refractivity contribution is 6.30. The molecule has 0 bridgehead atoms. The SMILES string of the molecule is CN1Cc2ccccc2Oc2ccc(NC(=O)c3ccc(Cl)cc3)cc2C1. The highest BCUT2D eigenvalue weighted by Gasteiger charge is 2.17. The Kier molecular flexibility index (Phi) is 4.84. The average molecular weight is 379 g/mol. The van der Waals surface area contributed by atoms with E-state index in [0.717, 1.165) is 41.4 Å². The van der Waals surface area contributed by atoms with Gasteiger partial charge < -0.3 is 10.1 Å². The monoisotopic (exact) mass is 378 g/mol. The van der Waals surface area contributed by atoms with E-state index in [0.29, 0.717) is 10.6 Å². The zero-order valence-corrected chi connectivity index (χ0v) is 15.7. The standard InChI is InChI=1S/C22H19ClN2O2/c1-25-13-16-4-2-3-5-20(16)27-21-11-10-19(12-17(21)14-25)24-22(26)15-6-8-18(23)9-7-15/h2-12H,13-14H2,1H3,(H,24,26). The van der Waals surface area contributed by atoms with Gasteiger partial charge in [0, 0.05) is 40.5 Å². The number of amides is 1. The van der Waals surface area contributed by atoms with E-state index < -0.39 is 0 Å². The van der Waals surface area contributed by atoms with Crippen LogP contribution in [0.25, 0.3) is 0 Å². The number of fused-ring (bicyclic) bond motifs is 2. The van der Waals surface area contributed by atoms with E-state index in [1.165, 1.54) is 0 Å². The number of benzene rings is 3. The summed E-state index contributed by atoms with van der Waals surface area (Å²) in [6.07, 6.45) is 0. The summed E-state index contributed by atoms with van der Waals surface area (Å²) in [4.78, 5) is 14.7. The van der Waals surface area contributed by atoms with E-state index in [1.54, 1.807) is 24.3 Å². The zero-order valence-electron chi connectivity index (χ0n) is 14.9. The minimum atomic E-state index is -0.169. The Bertz CT molecular complexity index is 986. The van der Waals surface area contributed by atoms with Crippen molar-refractivity contribution in [2.24, 2.45) is 0 Å². The Morgan fingerprint density at radius 2 is 1.67 bits per heavy atom. The molecule has 136 valence electrons. The van der Waals surface area contributed by atoms with Crippen molar-refractivity contribution in [3.8, 4) is 11.5 Å². The third-order valence-corrected chi connectivity index (χ3v) is 4.75. The molecule has 3 aromatic carbocycles. The third-order valence-electron chi connectivity index (χ3n) is 4.50. The van der Waals surface area contributed by atoms with Gasteiger partial charge >= 0.3 is 0 Å². The molecule has 0 fully saturated rings. The van der Waals surface area contributed by atoms with Gasteiger partial charge in [0.1, 0.15) is 11.5 Å². The van der Waals surface area contributed by atoms with Gasteiger partial charge in [-0.2, -0.15) is 0 Å². The number of nitrogens with one attached hydrogen (secondary N) is 1. The van der Waals surface area contributed by atoms with E-state index in [9.17, 15) is 4.79 Å². The van der Waals surface area contributed by atoms with Crippen molar-refractivity contribution >= 4 is 23.2 Å². The van der Waals surface area contributed by atoms with Crippen LogP contribution < -0.4 is 10.1 Å². The summed E-state index contributed by atoms with van der Waals surface area (Å²) >= 11 is 5.88. The highest BCUT2D eigenvalue weighted by Crippen LogP contribution is 2.33. The maximum absolute atomic E-state index is 12.4. The molecule has 27 heavy (non-hydrogen) atoms. The number of hydrogen-bond acceptors (Lipinski definition) is 3. The molecule has 0 spiro atoms.